The summed E-state index contributed by atoms with van der Waals surface area (Å²) in [6.45, 7) is 0.876. The largest absolute Gasteiger partial charge is 0.394 e. The van der Waals surface area contributed by atoms with Crippen molar-refractivity contribution in [3.8, 4) is 0 Å². The molecule has 0 saturated carbocycles. The maximum Gasteiger partial charge on any atom is 0.186 e. The number of rotatable bonds is 11. The van der Waals surface area contributed by atoms with Gasteiger partial charge in [0, 0.05) is 7.11 Å². The van der Waals surface area contributed by atoms with E-state index in [9.17, 15) is 5.11 Å². The molecule has 6 nitrogen and oxygen atoms in total. The number of methoxy groups -OCH3 is 1. The third kappa shape index (κ3) is 6.51. The molecule has 0 aromatic heterocycles. The number of benzene rings is 3. The smallest absolute Gasteiger partial charge is 0.186 e. The van der Waals surface area contributed by atoms with Gasteiger partial charge in [-0.1, -0.05) is 91.0 Å². The maximum atomic E-state index is 10.1. The summed E-state index contributed by atoms with van der Waals surface area (Å²) >= 11 is 0. The van der Waals surface area contributed by atoms with Gasteiger partial charge in [0.15, 0.2) is 6.29 Å². The van der Waals surface area contributed by atoms with E-state index in [1.807, 2.05) is 91.0 Å². The molecule has 180 valence electrons. The topological polar surface area (TPSA) is 66.4 Å². The van der Waals surface area contributed by atoms with Gasteiger partial charge < -0.3 is 28.8 Å². The van der Waals surface area contributed by atoms with Crippen molar-refractivity contribution in [2.45, 2.75) is 50.5 Å². The standard InChI is InChI=1S/C28H32O6/c1-30-28-27(33-20-23-15-9-4-10-16-23)26(32-19-22-13-7-3-8-14-22)25(24(17-29)34-28)31-18-21-11-5-2-6-12-21/h2-16,24-29H,17-20H2,1H3/t24-,25+,26+,27-,28?/m1/s1. The molecular formula is C28H32O6. The molecule has 0 radical (unpaired) electrons. The Morgan fingerprint density at radius 3 is 1.44 bits per heavy atom. The SMILES string of the molecule is COC1O[C@H](CO)[C@H](OCc2ccccc2)[C@H](OCc2ccccc2)[C@H]1OCc1ccccc1. The van der Waals surface area contributed by atoms with Crippen LogP contribution in [0.2, 0.25) is 0 Å². The lowest BCUT2D eigenvalue weighted by molar-refractivity contribution is -0.321. The summed E-state index contributed by atoms with van der Waals surface area (Å²) in [6, 6.07) is 29.8. The van der Waals surface area contributed by atoms with Gasteiger partial charge in [-0.25, -0.2) is 0 Å². The number of aliphatic hydroxyl groups excluding tert-OH is 1. The summed E-state index contributed by atoms with van der Waals surface area (Å²) in [6.07, 6.45) is -2.97. The van der Waals surface area contributed by atoms with Crippen molar-refractivity contribution < 1.29 is 28.8 Å². The quantitative estimate of drug-likeness (QED) is 0.461. The zero-order valence-corrected chi connectivity index (χ0v) is 19.4. The third-order valence-electron chi connectivity index (χ3n) is 5.86. The fourth-order valence-corrected chi connectivity index (χ4v) is 4.08. The van der Waals surface area contributed by atoms with Gasteiger partial charge in [-0.3, -0.25) is 0 Å². The van der Waals surface area contributed by atoms with Crippen LogP contribution in [0.25, 0.3) is 0 Å². The molecule has 1 N–H and O–H groups in total. The lowest BCUT2D eigenvalue weighted by Gasteiger charge is -2.45. The molecule has 3 aromatic rings. The van der Waals surface area contributed by atoms with Crippen molar-refractivity contribution >= 4 is 0 Å². The van der Waals surface area contributed by atoms with Crippen LogP contribution in [0.15, 0.2) is 91.0 Å². The van der Waals surface area contributed by atoms with Gasteiger partial charge in [-0.15, -0.1) is 0 Å². The second-order valence-corrected chi connectivity index (χ2v) is 8.24. The van der Waals surface area contributed by atoms with Crippen LogP contribution in [0, 0.1) is 0 Å². The van der Waals surface area contributed by atoms with E-state index in [1.165, 1.54) is 0 Å². The first kappa shape index (κ1) is 24.5. The molecule has 1 heterocycles. The lowest BCUT2D eigenvalue weighted by Crippen LogP contribution is -2.61. The average molecular weight is 465 g/mol. The highest BCUT2D eigenvalue weighted by atomic mass is 16.7. The number of hydrogen-bond donors (Lipinski definition) is 1. The molecule has 0 bridgehead atoms. The molecule has 6 heteroatoms. The minimum absolute atomic E-state index is 0.226. The predicted octanol–water partition coefficient (Wildman–Crippen LogP) is 4.11. The molecule has 0 amide bonds. The normalized spacial score (nSPS) is 24.7. The summed E-state index contributed by atoms with van der Waals surface area (Å²) in [5.74, 6) is 0. The van der Waals surface area contributed by atoms with Gasteiger partial charge in [-0.2, -0.15) is 0 Å². The van der Waals surface area contributed by atoms with Crippen LogP contribution in [0.1, 0.15) is 16.7 Å². The lowest BCUT2D eigenvalue weighted by atomic mass is 9.98. The molecule has 34 heavy (non-hydrogen) atoms. The van der Waals surface area contributed by atoms with Crippen LogP contribution in [0.5, 0.6) is 0 Å². The van der Waals surface area contributed by atoms with Crippen LogP contribution in [-0.4, -0.2) is 49.5 Å². The van der Waals surface area contributed by atoms with E-state index in [0.717, 1.165) is 16.7 Å². The maximum absolute atomic E-state index is 10.1. The molecule has 3 aromatic carbocycles. The second-order valence-electron chi connectivity index (χ2n) is 8.24. The van der Waals surface area contributed by atoms with Gasteiger partial charge in [0.2, 0.25) is 0 Å². The number of ether oxygens (including phenoxy) is 5. The Hall–Kier alpha value is -2.58. The van der Waals surface area contributed by atoms with Crippen molar-refractivity contribution in [2.24, 2.45) is 0 Å². The highest BCUT2D eigenvalue weighted by Crippen LogP contribution is 2.30. The zero-order chi connectivity index (χ0) is 23.6. The zero-order valence-electron chi connectivity index (χ0n) is 19.4. The van der Waals surface area contributed by atoms with E-state index in [0.29, 0.717) is 19.8 Å². The van der Waals surface area contributed by atoms with Gasteiger partial charge in [0.25, 0.3) is 0 Å². The molecule has 5 atom stereocenters. The molecule has 0 aliphatic carbocycles. The average Bonchev–Trinajstić information content (AvgIpc) is 2.91. The Bertz CT molecular complexity index is 895. The Labute approximate surface area is 201 Å². The van der Waals surface area contributed by atoms with Gasteiger partial charge >= 0.3 is 0 Å². The first-order valence-corrected chi connectivity index (χ1v) is 11.5. The highest BCUT2D eigenvalue weighted by molar-refractivity contribution is 5.15. The third-order valence-corrected chi connectivity index (χ3v) is 5.86. The Morgan fingerprint density at radius 1 is 0.618 bits per heavy atom. The summed E-state index contributed by atoms with van der Waals surface area (Å²) in [4.78, 5) is 0. The van der Waals surface area contributed by atoms with Gasteiger partial charge in [-0.05, 0) is 16.7 Å². The van der Waals surface area contributed by atoms with Crippen LogP contribution in [0.4, 0.5) is 0 Å². The minimum atomic E-state index is -0.710. The molecule has 1 unspecified atom stereocenters. The Balaban J connectivity index is 1.56. The molecule has 1 aliphatic rings. The highest BCUT2D eigenvalue weighted by Gasteiger charge is 2.48. The van der Waals surface area contributed by atoms with Gasteiger partial charge in [0.1, 0.15) is 24.4 Å². The van der Waals surface area contributed by atoms with E-state index in [2.05, 4.69) is 0 Å². The molecular weight excluding hydrogens is 432 g/mol. The van der Waals surface area contributed by atoms with Crippen LogP contribution in [0.3, 0.4) is 0 Å². The van der Waals surface area contributed by atoms with Crippen LogP contribution in [-0.2, 0) is 43.5 Å². The molecule has 1 saturated heterocycles. The second kappa shape index (κ2) is 12.8. The van der Waals surface area contributed by atoms with E-state index in [1.54, 1.807) is 7.11 Å². The van der Waals surface area contributed by atoms with Crippen molar-refractivity contribution in [1.82, 2.24) is 0 Å². The van der Waals surface area contributed by atoms with E-state index >= 15 is 0 Å². The number of aliphatic hydroxyl groups is 1. The Morgan fingerprint density at radius 2 is 1.03 bits per heavy atom. The monoisotopic (exact) mass is 464 g/mol. The summed E-state index contributed by atoms with van der Waals surface area (Å²) in [7, 11) is 1.57. The van der Waals surface area contributed by atoms with E-state index in [-0.39, 0.29) is 6.61 Å². The summed E-state index contributed by atoms with van der Waals surface area (Å²) < 4.78 is 30.7. The fraction of sp³-hybridized carbons (Fsp3) is 0.357. The first-order chi connectivity index (χ1) is 16.8. The van der Waals surface area contributed by atoms with E-state index < -0.39 is 30.7 Å². The first-order valence-electron chi connectivity index (χ1n) is 11.5. The molecule has 0 spiro atoms. The predicted molar refractivity (Wildman–Crippen MR) is 128 cm³/mol. The number of hydrogen-bond acceptors (Lipinski definition) is 6. The summed E-state index contributed by atoms with van der Waals surface area (Å²) in [5, 5.41) is 10.1. The van der Waals surface area contributed by atoms with E-state index in [4.69, 9.17) is 23.7 Å². The minimum Gasteiger partial charge on any atom is -0.394 e. The van der Waals surface area contributed by atoms with Crippen molar-refractivity contribution in [2.75, 3.05) is 13.7 Å². The molecule has 1 aliphatic heterocycles. The van der Waals surface area contributed by atoms with Crippen molar-refractivity contribution in [3.05, 3.63) is 108 Å². The Kier molecular flexibility index (Phi) is 9.21. The van der Waals surface area contributed by atoms with Crippen molar-refractivity contribution in [1.29, 1.82) is 0 Å². The fourth-order valence-electron chi connectivity index (χ4n) is 4.08. The molecule has 1 fully saturated rings. The molecule has 4 rings (SSSR count). The summed E-state index contributed by atoms with van der Waals surface area (Å²) in [5.41, 5.74) is 3.09. The van der Waals surface area contributed by atoms with Gasteiger partial charge in [0.05, 0.1) is 26.4 Å². The van der Waals surface area contributed by atoms with Crippen LogP contribution < -0.4 is 0 Å². The van der Waals surface area contributed by atoms with Crippen molar-refractivity contribution in [3.63, 3.8) is 0 Å². The van der Waals surface area contributed by atoms with Crippen LogP contribution >= 0.6 is 0 Å².